The highest BCUT2D eigenvalue weighted by Crippen LogP contribution is 2.37. The van der Waals surface area contributed by atoms with Crippen LogP contribution in [0.4, 0.5) is 0 Å². The predicted octanol–water partition coefficient (Wildman–Crippen LogP) is 11.7. The summed E-state index contributed by atoms with van der Waals surface area (Å²) >= 11 is 0. The largest absolute Gasteiger partial charge is 0.245 e. The van der Waals surface area contributed by atoms with Crippen molar-refractivity contribution in [2.45, 2.75) is 0 Å². The Morgan fingerprint density at radius 2 is 0.540 bits per heavy atom. The van der Waals surface area contributed by atoms with Crippen LogP contribution in [-0.4, -0.2) is 19.9 Å². The third kappa shape index (κ3) is 4.69. The number of fused-ring (bicyclic) bond motifs is 7. The van der Waals surface area contributed by atoms with Crippen LogP contribution in [0.2, 0.25) is 0 Å². The highest BCUT2D eigenvalue weighted by Gasteiger charge is 2.15. The summed E-state index contributed by atoms with van der Waals surface area (Å²) in [5.41, 5.74) is 11.6. The molecule has 6 aromatic carbocycles. The lowest BCUT2D eigenvalue weighted by Crippen LogP contribution is -1.93. The zero-order valence-corrected chi connectivity index (χ0v) is 27.0. The standard InChI is InChI=1S/C46H28N4/c1-3-9-29(10-4-1)39-25-19-31-15-17-33-21-27-41(49-45(33)43(31)47-39)37-23-24-38(36-14-8-7-13-35(36)37)42-28-22-34-18-16-32-20-26-40(30-11-5-2-6-12-30)48-44(32)46(34)50-42/h1-28H. The molecule has 4 heterocycles. The molecule has 0 bridgehead atoms. The molecule has 0 amide bonds. The number of rotatable bonds is 4. The Morgan fingerprint density at radius 3 is 0.920 bits per heavy atom. The lowest BCUT2D eigenvalue weighted by atomic mass is 9.95. The van der Waals surface area contributed by atoms with E-state index in [4.69, 9.17) is 19.9 Å². The molecule has 0 N–H and O–H groups in total. The third-order valence-corrected chi connectivity index (χ3v) is 9.65. The summed E-state index contributed by atoms with van der Waals surface area (Å²) in [7, 11) is 0. The maximum atomic E-state index is 5.28. The number of pyridine rings is 4. The van der Waals surface area contributed by atoms with Crippen molar-refractivity contribution in [2.75, 3.05) is 0 Å². The molecular weight excluding hydrogens is 609 g/mol. The van der Waals surface area contributed by atoms with Gasteiger partial charge in [-0.1, -0.05) is 146 Å². The van der Waals surface area contributed by atoms with E-state index in [0.717, 1.165) is 99.4 Å². The molecular formula is C46H28N4. The van der Waals surface area contributed by atoms with Gasteiger partial charge in [0.25, 0.3) is 0 Å². The first kappa shape index (κ1) is 28.3. The summed E-state index contributed by atoms with van der Waals surface area (Å²) in [6, 6.07) is 59.0. The average molecular weight is 637 g/mol. The highest BCUT2D eigenvalue weighted by molar-refractivity contribution is 6.09. The third-order valence-electron chi connectivity index (χ3n) is 9.65. The maximum absolute atomic E-state index is 5.28. The van der Waals surface area contributed by atoms with E-state index in [1.165, 1.54) is 0 Å². The van der Waals surface area contributed by atoms with Gasteiger partial charge in [-0.2, -0.15) is 0 Å². The average Bonchev–Trinajstić information content (AvgIpc) is 3.20. The first-order valence-electron chi connectivity index (χ1n) is 16.8. The summed E-state index contributed by atoms with van der Waals surface area (Å²) in [6.45, 7) is 0. The van der Waals surface area contributed by atoms with E-state index in [0.29, 0.717) is 0 Å². The summed E-state index contributed by atoms with van der Waals surface area (Å²) in [6.07, 6.45) is 0. The van der Waals surface area contributed by atoms with Crippen molar-refractivity contribution in [1.82, 2.24) is 19.9 Å². The van der Waals surface area contributed by atoms with E-state index in [1.807, 2.05) is 36.4 Å². The second-order valence-corrected chi connectivity index (χ2v) is 12.6. The summed E-state index contributed by atoms with van der Waals surface area (Å²) < 4.78 is 0. The molecule has 0 fully saturated rings. The van der Waals surface area contributed by atoms with Gasteiger partial charge in [0.2, 0.25) is 0 Å². The zero-order chi connectivity index (χ0) is 33.0. The lowest BCUT2D eigenvalue weighted by Gasteiger charge is -2.13. The molecule has 0 aliphatic rings. The SMILES string of the molecule is c1ccc(-c2ccc3ccc4ccc(-c5ccc(-c6ccc7ccc8ccc(-c9ccccc9)nc8c7n6)c6ccccc56)nc4c3n2)cc1. The molecule has 0 aliphatic carbocycles. The van der Waals surface area contributed by atoms with Gasteiger partial charge in [-0.05, 0) is 35.0 Å². The second kappa shape index (κ2) is 11.4. The van der Waals surface area contributed by atoms with Gasteiger partial charge in [0, 0.05) is 43.8 Å². The minimum absolute atomic E-state index is 0.899. The fourth-order valence-corrected chi connectivity index (χ4v) is 7.12. The van der Waals surface area contributed by atoms with Crippen molar-refractivity contribution < 1.29 is 0 Å². The van der Waals surface area contributed by atoms with E-state index in [2.05, 4.69) is 133 Å². The molecule has 4 aromatic heterocycles. The van der Waals surface area contributed by atoms with E-state index >= 15 is 0 Å². The van der Waals surface area contributed by atoms with Gasteiger partial charge in [0.1, 0.15) is 0 Å². The maximum Gasteiger partial charge on any atom is 0.0972 e. The van der Waals surface area contributed by atoms with Crippen LogP contribution in [0.25, 0.3) is 99.4 Å². The topological polar surface area (TPSA) is 51.6 Å². The van der Waals surface area contributed by atoms with Crippen LogP contribution < -0.4 is 0 Å². The van der Waals surface area contributed by atoms with Crippen LogP contribution in [0.5, 0.6) is 0 Å². The molecule has 10 rings (SSSR count). The monoisotopic (exact) mass is 636 g/mol. The van der Waals surface area contributed by atoms with Crippen molar-refractivity contribution in [3.05, 3.63) is 170 Å². The number of aromatic nitrogens is 4. The molecule has 0 radical (unpaired) electrons. The summed E-state index contributed by atoms with van der Waals surface area (Å²) in [5, 5.41) is 6.52. The van der Waals surface area contributed by atoms with Crippen molar-refractivity contribution >= 4 is 54.4 Å². The van der Waals surface area contributed by atoms with Crippen molar-refractivity contribution in [3.8, 4) is 45.0 Å². The lowest BCUT2D eigenvalue weighted by molar-refractivity contribution is 1.36. The van der Waals surface area contributed by atoms with Crippen LogP contribution in [0.1, 0.15) is 0 Å². The van der Waals surface area contributed by atoms with Gasteiger partial charge in [-0.15, -0.1) is 0 Å². The van der Waals surface area contributed by atoms with Gasteiger partial charge in [0.05, 0.1) is 44.8 Å². The smallest absolute Gasteiger partial charge is 0.0972 e. The van der Waals surface area contributed by atoms with E-state index in [1.54, 1.807) is 0 Å². The molecule has 0 spiro atoms. The van der Waals surface area contributed by atoms with Crippen LogP contribution in [0, 0.1) is 0 Å². The first-order chi connectivity index (χ1) is 24.8. The Balaban J connectivity index is 1.12. The Labute approximate surface area is 288 Å². The Kier molecular flexibility index (Phi) is 6.46. The first-order valence-corrected chi connectivity index (χ1v) is 16.8. The molecule has 0 saturated heterocycles. The fourth-order valence-electron chi connectivity index (χ4n) is 7.12. The summed E-state index contributed by atoms with van der Waals surface area (Å²) in [5.74, 6) is 0. The molecule has 10 aromatic rings. The second-order valence-electron chi connectivity index (χ2n) is 12.6. The van der Waals surface area contributed by atoms with Crippen LogP contribution in [-0.2, 0) is 0 Å². The molecule has 0 saturated carbocycles. The van der Waals surface area contributed by atoms with E-state index in [9.17, 15) is 0 Å². The fraction of sp³-hybridized carbons (Fsp3) is 0. The molecule has 0 atom stereocenters. The van der Waals surface area contributed by atoms with Gasteiger partial charge in [-0.25, -0.2) is 19.9 Å². The summed E-state index contributed by atoms with van der Waals surface area (Å²) in [4.78, 5) is 20.8. The van der Waals surface area contributed by atoms with Gasteiger partial charge in [0.15, 0.2) is 0 Å². The highest BCUT2D eigenvalue weighted by atomic mass is 14.8. The molecule has 4 heteroatoms. The van der Waals surface area contributed by atoms with Crippen molar-refractivity contribution in [2.24, 2.45) is 0 Å². The Morgan fingerprint density at radius 1 is 0.240 bits per heavy atom. The molecule has 0 aliphatic heterocycles. The van der Waals surface area contributed by atoms with Gasteiger partial charge < -0.3 is 0 Å². The predicted molar refractivity (Wildman–Crippen MR) is 207 cm³/mol. The van der Waals surface area contributed by atoms with Crippen LogP contribution >= 0.6 is 0 Å². The minimum Gasteiger partial charge on any atom is -0.245 e. The molecule has 4 nitrogen and oxygen atoms in total. The van der Waals surface area contributed by atoms with Crippen LogP contribution in [0.15, 0.2) is 170 Å². The van der Waals surface area contributed by atoms with E-state index in [-0.39, 0.29) is 0 Å². The number of nitrogens with zero attached hydrogens (tertiary/aromatic N) is 4. The normalized spacial score (nSPS) is 11.6. The number of hydrogen-bond donors (Lipinski definition) is 0. The molecule has 50 heavy (non-hydrogen) atoms. The van der Waals surface area contributed by atoms with Gasteiger partial charge in [-0.3, -0.25) is 0 Å². The number of benzene rings is 6. The molecule has 232 valence electrons. The van der Waals surface area contributed by atoms with Crippen LogP contribution in [0.3, 0.4) is 0 Å². The van der Waals surface area contributed by atoms with Crippen molar-refractivity contribution in [3.63, 3.8) is 0 Å². The van der Waals surface area contributed by atoms with Gasteiger partial charge >= 0.3 is 0 Å². The van der Waals surface area contributed by atoms with Crippen molar-refractivity contribution in [1.29, 1.82) is 0 Å². The Hall–Kier alpha value is -6.78. The van der Waals surface area contributed by atoms with E-state index < -0.39 is 0 Å². The number of hydrogen-bond acceptors (Lipinski definition) is 4. The molecule has 0 unspecified atom stereocenters. The quantitative estimate of drug-likeness (QED) is 0.180. The Bertz CT molecular complexity index is 2720. The minimum atomic E-state index is 0.899. The zero-order valence-electron chi connectivity index (χ0n) is 27.0.